The highest BCUT2D eigenvalue weighted by Gasteiger charge is 2.16. The van der Waals surface area contributed by atoms with Gasteiger partial charge in [-0.1, -0.05) is 59.7 Å². The Labute approximate surface area is 138 Å². The summed E-state index contributed by atoms with van der Waals surface area (Å²) >= 11 is 0. The zero-order valence-corrected chi connectivity index (χ0v) is 13.1. The Kier molecular flexibility index (Phi) is 4.59. The molecule has 1 atom stereocenters. The number of halogens is 1. The molecule has 3 aromatic rings. The third kappa shape index (κ3) is 3.29. The van der Waals surface area contributed by atoms with E-state index < -0.39 is 0 Å². The van der Waals surface area contributed by atoms with Crippen LogP contribution in [0.1, 0.15) is 29.9 Å². The summed E-state index contributed by atoms with van der Waals surface area (Å²) in [5.74, 6) is 0.168. The molecule has 120 valence electrons. The highest BCUT2D eigenvalue weighted by molar-refractivity contribution is 5.64. The molecule has 0 saturated carbocycles. The van der Waals surface area contributed by atoms with Crippen molar-refractivity contribution in [2.24, 2.45) is 5.11 Å². The third-order valence-corrected chi connectivity index (χ3v) is 3.88. The van der Waals surface area contributed by atoms with Crippen molar-refractivity contribution >= 4 is 0 Å². The SMILES string of the molecule is CC(c1ccc(-c2ccccc2)c(F)c1)c1cc(CN=[N+]=[N-])no1. The lowest BCUT2D eigenvalue weighted by molar-refractivity contribution is 0.370. The van der Waals surface area contributed by atoms with Crippen molar-refractivity contribution in [3.8, 4) is 11.1 Å². The van der Waals surface area contributed by atoms with Gasteiger partial charge in [-0.25, -0.2) is 4.39 Å². The van der Waals surface area contributed by atoms with E-state index in [2.05, 4.69) is 15.2 Å². The fraction of sp³-hybridized carbons (Fsp3) is 0.167. The summed E-state index contributed by atoms with van der Waals surface area (Å²) in [7, 11) is 0. The number of benzene rings is 2. The standard InChI is InChI=1S/C18H15FN4O/c1-12(18-10-15(22-24-18)11-21-23-20)14-7-8-16(17(19)9-14)13-5-3-2-4-6-13/h2-10,12H,11H2,1H3. The van der Waals surface area contributed by atoms with Crippen molar-refractivity contribution < 1.29 is 8.91 Å². The monoisotopic (exact) mass is 322 g/mol. The Morgan fingerprint density at radius 1 is 1.21 bits per heavy atom. The van der Waals surface area contributed by atoms with Crippen molar-refractivity contribution in [3.63, 3.8) is 0 Å². The van der Waals surface area contributed by atoms with Gasteiger partial charge in [-0.15, -0.1) is 0 Å². The number of nitrogens with zero attached hydrogens (tertiary/aromatic N) is 4. The van der Waals surface area contributed by atoms with Crippen molar-refractivity contribution in [2.75, 3.05) is 0 Å². The number of azide groups is 1. The van der Waals surface area contributed by atoms with E-state index in [1.54, 1.807) is 12.1 Å². The van der Waals surface area contributed by atoms with Crippen LogP contribution in [0.15, 0.2) is 64.2 Å². The first-order chi connectivity index (χ1) is 11.7. The molecule has 0 saturated heterocycles. The molecule has 0 radical (unpaired) electrons. The molecule has 0 aliphatic carbocycles. The molecule has 2 aromatic carbocycles. The summed E-state index contributed by atoms with van der Waals surface area (Å²) in [6, 6.07) is 16.3. The van der Waals surface area contributed by atoms with Gasteiger partial charge in [0.1, 0.15) is 11.6 Å². The van der Waals surface area contributed by atoms with Crippen molar-refractivity contribution in [3.05, 3.63) is 87.9 Å². The predicted molar refractivity (Wildman–Crippen MR) is 88.7 cm³/mol. The highest BCUT2D eigenvalue weighted by atomic mass is 19.1. The molecule has 0 amide bonds. The van der Waals surface area contributed by atoms with Crippen LogP contribution in [0.5, 0.6) is 0 Å². The summed E-state index contributed by atoms with van der Waals surface area (Å²) in [6.07, 6.45) is 0. The topological polar surface area (TPSA) is 74.8 Å². The van der Waals surface area contributed by atoms with Gasteiger partial charge in [-0.2, -0.15) is 0 Å². The van der Waals surface area contributed by atoms with Crippen LogP contribution >= 0.6 is 0 Å². The van der Waals surface area contributed by atoms with Gasteiger partial charge in [-0.05, 0) is 22.7 Å². The fourth-order valence-electron chi connectivity index (χ4n) is 2.53. The highest BCUT2D eigenvalue weighted by Crippen LogP contribution is 2.29. The maximum absolute atomic E-state index is 14.5. The lowest BCUT2D eigenvalue weighted by Crippen LogP contribution is -1.96. The Balaban J connectivity index is 1.85. The molecule has 0 bridgehead atoms. The van der Waals surface area contributed by atoms with Gasteiger partial charge in [0.05, 0.1) is 12.2 Å². The third-order valence-electron chi connectivity index (χ3n) is 3.88. The van der Waals surface area contributed by atoms with Gasteiger partial charge in [0.2, 0.25) is 0 Å². The van der Waals surface area contributed by atoms with Gasteiger partial charge < -0.3 is 4.52 Å². The zero-order valence-electron chi connectivity index (χ0n) is 13.1. The maximum Gasteiger partial charge on any atom is 0.144 e. The summed E-state index contributed by atoms with van der Waals surface area (Å²) in [5.41, 5.74) is 11.1. The van der Waals surface area contributed by atoms with Crippen molar-refractivity contribution in [2.45, 2.75) is 19.4 Å². The molecule has 0 N–H and O–H groups in total. The summed E-state index contributed by atoms with van der Waals surface area (Å²) in [4.78, 5) is 2.69. The Morgan fingerprint density at radius 2 is 2.00 bits per heavy atom. The van der Waals surface area contributed by atoms with E-state index in [4.69, 9.17) is 10.1 Å². The summed E-state index contributed by atoms with van der Waals surface area (Å²) in [6.45, 7) is 2.04. The number of aromatic nitrogens is 1. The molecule has 0 spiro atoms. The van der Waals surface area contributed by atoms with Crippen LogP contribution in [-0.2, 0) is 6.54 Å². The predicted octanol–water partition coefficient (Wildman–Crippen LogP) is 5.44. The molecule has 6 heteroatoms. The van der Waals surface area contributed by atoms with Crippen LogP contribution in [0.4, 0.5) is 4.39 Å². The second kappa shape index (κ2) is 6.98. The van der Waals surface area contributed by atoms with E-state index in [-0.39, 0.29) is 18.3 Å². The van der Waals surface area contributed by atoms with Crippen molar-refractivity contribution in [1.29, 1.82) is 0 Å². The molecule has 3 rings (SSSR count). The van der Waals surface area contributed by atoms with Gasteiger partial charge >= 0.3 is 0 Å². The number of hydrogen-bond acceptors (Lipinski definition) is 3. The molecule has 1 aromatic heterocycles. The largest absolute Gasteiger partial charge is 0.361 e. The lowest BCUT2D eigenvalue weighted by Gasteiger charge is -2.10. The Bertz CT molecular complexity index is 885. The van der Waals surface area contributed by atoms with Gasteiger partial charge in [0.15, 0.2) is 0 Å². The minimum Gasteiger partial charge on any atom is -0.361 e. The molecular formula is C18H15FN4O. The average molecular weight is 322 g/mol. The maximum atomic E-state index is 14.5. The van der Waals surface area contributed by atoms with Crippen LogP contribution in [0.2, 0.25) is 0 Å². The molecule has 1 heterocycles. The average Bonchev–Trinajstić information content (AvgIpc) is 3.09. The quantitative estimate of drug-likeness (QED) is 0.356. The molecule has 0 aliphatic rings. The fourth-order valence-corrected chi connectivity index (χ4v) is 2.53. The summed E-state index contributed by atoms with van der Waals surface area (Å²) < 4.78 is 19.8. The van der Waals surface area contributed by atoms with Crippen LogP contribution in [0, 0.1) is 5.82 Å². The molecule has 0 fully saturated rings. The van der Waals surface area contributed by atoms with Crippen LogP contribution < -0.4 is 0 Å². The first-order valence-corrected chi connectivity index (χ1v) is 7.50. The molecule has 0 aliphatic heterocycles. The Morgan fingerprint density at radius 3 is 2.71 bits per heavy atom. The summed E-state index contributed by atoms with van der Waals surface area (Å²) in [5, 5.41) is 7.30. The minimum atomic E-state index is -0.278. The van der Waals surface area contributed by atoms with Crippen LogP contribution in [0.25, 0.3) is 21.6 Å². The second-order valence-corrected chi connectivity index (χ2v) is 5.44. The van der Waals surface area contributed by atoms with Crippen molar-refractivity contribution in [1.82, 2.24) is 5.16 Å². The lowest BCUT2D eigenvalue weighted by atomic mass is 9.95. The molecule has 24 heavy (non-hydrogen) atoms. The molecule has 5 nitrogen and oxygen atoms in total. The molecular weight excluding hydrogens is 307 g/mol. The van der Waals surface area contributed by atoms with E-state index in [1.807, 2.05) is 43.3 Å². The van der Waals surface area contributed by atoms with E-state index in [9.17, 15) is 4.39 Å². The first-order valence-electron chi connectivity index (χ1n) is 7.50. The van der Waals surface area contributed by atoms with E-state index in [0.717, 1.165) is 11.1 Å². The number of hydrogen-bond donors (Lipinski definition) is 0. The van der Waals surface area contributed by atoms with Crippen LogP contribution in [-0.4, -0.2) is 5.16 Å². The zero-order chi connectivity index (χ0) is 16.9. The molecule has 1 unspecified atom stereocenters. The second-order valence-electron chi connectivity index (χ2n) is 5.44. The van der Waals surface area contributed by atoms with Gasteiger partial charge in [-0.3, -0.25) is 0 Å². The first kappa shape index (κ1) is 15.8. The van der Waals surface area contributed by atoms with Gasteiger partial charge in [0, 0.05) is 22.5 Å². The minimum absolute atomic E-state index is 0.133. The normalized spacial score (nSPS) is 11.8. The van der Waals surface area contributed by atoms with E-state index >= 15 is 0 Å². The van der Waals surface area contributed by atoms with Gasteiger partial charge in [0.25, 0.3) is 0 Å². The number of rotatable bonds is 5. The van der Waals surface area contributed by atoms with Crippen LogP contribution in [0.3, 0.4) is 0 Å². The van der Waals surface area contributed by atoms with E-state index in [1.165, 1.54) is 6.07 Å². The Hall–Kier alpha value is -3.11. The van der Waals surface area contributed by atoms with E-state index in [0.29, 0.717) is 17.0 Å². The smallest absolute Gasteiger partial charge is 0.144 e.